The van der Waals surface area contributed by atoms with Crippen molar-refractivity contribution in [3.63, 3.8) is 0 Å². The normalized spacial score (nSPS) is 13.6. The van der Waals surface area contributed by atoms with Crippen molar-refractivity contribution in [3.05, 3.63) is 47.8 Å². The number of anilines is 1. The van der Waals surface area contributed by atoms with E-state index in [-0.39, 0.29) is 17.2 Å². The van der Waals surface area contributed by atoms with Gasteiger partial charge in [0.2, 0.25) is 0 Å². The van der Waals surface area contributed by atoms with E-state index in [0.29, 0.717) is 10.1 Å². The molecule has 0 aliphatic carbocycles. The van der Waals surface area contributed by atoms with Crippen molar-refractivity contribution in [3.8, 4) is 5.75 Å². The Morgan fingerprint density at radius 2 is 1.63 bits per heavy atom. The molecule has 27 heavy (non-hydrogen) atoms. The van der Waals surface area contributed by atoms with Crippen LogP contribution in [-0.2, 0) is 6.18 Å². The number of fused-ring (bicyclic) bond motifs is 1. The van der Waals surface area contributed by atoms with E-state index in [9.17, 15) is 26.3 Å². The first kappa shape index (κ1) is 18.7. The number of ether oxygens (including phenoxy) is 1. The maximum absolute atomic E-state index is 12.9. The summed E-state index contributed by atoms with van der Waals surface area (Å²) in [5.74, 6) is -1.53. The Morgan fingerprint density at radius 1 is 0.963 bits per heavy atom. The molecule has 0 saturated heterocycles. The number of aromatic nitrogens is 4. The van der Waals surface area contributed by atoms with Crippen LogP contribution in [-0.4, -0.2) is 26.2 Å². The Bertz CT molecular complexity index is 935. The molecule has 0 saturated carbocycles. The third kappa shape index (κ3) is 4.38. The molecular weight excluding hydrogens is 380 g/mol. The number of nitrogens with one attached hydrogen (secondary N) is 1. The number of alkyl halides is 6. The van der Waals surface area contributed by atoms with Crippen LogP contribution in [0.15, 0.2) is 36.4 Å². The molecule has 2 aromatic heterocycles. The highest BCUT2D eigenvalue weighted by molar-refractivity contribution is 5.45. The topological polar surface area (TPSA) is 64.3 Å². The largest absolute Gasteiger partial charge is 0.573 e. The molecule has 1 atom stereocenters. The van der Waals surface area contributed by atoms with Crippen LogP contribution < -0.4 is 10.1 Å². The monoisotopic (exact) mass is 391 g/mol. The highest BCUT2D eigenvalue weighted by atomic mass is 19.4. The second-order valence-corrected chi connectivity index (χ2v) is 5.49. The predicted molar refractivity (Wildman–Crippen MR) is 80.9 cm³/mol. The smallest absolute Gasteiger partial charge is 0.406 e. The van der Waals surface area contributed by atoms with Crippen molar-refractivity contribution < 1.29 is 31.1 Å². The van der Waals surface area contributed by atoms with Gasteiger partial charge in [0.05, 0.1) is 6.04 Å². The number of hydrogen-bond donors (Lipinski definition) is 1. The summed E-state index contributed by atoms with van der Waals surface area (Å²) >= 11 is 0. The van der Waals surface area contributed by atoms with Crippen molar-refractivity contribution in [1.29, 1.82) is 0 Å². The number of hydrogen-bond acceptors (Lipinski definition) is 5. The molecule has 0 aliphatic heterocycles. The Kier molecular flexibility index (Phi) is 4.57. The van der Waals surface area contributed by atoms with Crippen molar-refractivity contribution in [1.82, 2.24) is 19.8 Å². The number of nitrogens with zero attached hydrogens (tertiary/aromatic N) is 4. The molecule has 6 nitrogen and oxygen atoms in total. The number of rotatable bonds is 4. The Balaban J connectivity index is 1.78. The molecular formula is C15H11F6N5O. The van der Waals surface area contributed by atoms with Crippen LogP contribution in [0.25, 0.3) is 5.65 Å². The van der Waals surface area contributed by atoms with E-state index in [2.05, 4.69) is 25.3 Å². The molecule has 0 fully saturated rings. The maximum Gasteiger partial charge on any atom is 0.573 e. The lowest BCUT2D eigenvalue weighted by molar-refractivity contribution is -0.274. The van der Waals surface area contributed by atoms with Crippen LogP contribution in [0.5, 0.6) is 5.75 Å². The first-order valence-electron chi connectivity index (χ1n) is 7.45. The Morgan fingerprint density at radius 3 is 2.22 bits per heavy atom. The van der Waals surface area contributed by atoms with Crippen molar-refractivity contribution in [2.75, 3.05) is 5.32 Å². The van der Waals surface area contributed by atoms with Gasteiger partial charge in [0.15, 0.2) is 5.65 Å². The maximum atomic E-state index is 12.9. The fraction of sp³-hybridized carbons (Fsp3) is 0.267. The van der Waals surface area contributed by atoms with E-state index in [1.165, 1.54) is 24.3 Å². The molecule has 1 N–H and O–H groups in total. The van der Waals surface area contributed by atoms with Gasteiger partial charge >= 0.3 is 12.5 Å². The number of halogens is 6. The minimum atomic E-state index is -4.79. The Hall–Kier alpha value is -3.05. The van der Waals surface area contributed by atoms with Crippen LogP contribution in [0.2, 0.25) is 0 Å². The average Bonchev–Trinajstić information content (AvgIpc) is 2.97. The Labute approximate surface area is 147 Å². The van der Waals surface area contributed by atoms with Crippen molar-refractivity contribution in [2.45, 2.75) is 25.5 Å². The molecule has 0 spiro atoms. The minimum Gasteiger partial charge on any atom is -0.406 e. The van der Waals surface area contributed by atoms with Gasteiger partial charge in [-0.3, -0.25) is 0 Å². The van der Waals surface area contributed by atoms with Crippen LogP contribution in [0.3, 0.4) is 0 Å². The molecule has 1 aromatic carbocycles. The van der Waals surface area contributed by atoms with E-state index in [1.807, 2.05) is 0 Å². The van der Waals surface area contributed by atoms with Gasteiger partial charge < -0.3 is 10.1 Å². The molecule has 3 aromatic rings. The summed E-state index contributed by atoms with van der Waals surface area (Å²) in [7, 11) is 0. The molecule has 12 heteroatoms. The summed E-state index contributed by atoms with van der Waals surface area (Å²) in [5.41, 5.74) is 0.500. The standard InChI is InChI=1S/C15H11F6N5O/c1-8(9-2-4-10(5-3-9)27-15(19,20)21)22-11-6-7-12-23-24-13(14(16,17)18)26(12)25-11/h2-8H,1H3,(H,22,25)/t8-/m0/s1. The van der Waals surface area contributed by atoms with Gasteiger partial charge in [-0.25, -0.2) is 0 Å². The molecule has 2 heterocycles. The zero-order valence-electron chi connectivity index (χ0n) is 13.5. The van der Waals surface area contributed by atoms with Crippen molar-refractivity contribution in [2.24, 2.45) is 0 Å². The van der Waals surface area contributed by atoms with Crippen LogP contribution in [0.4, 0.5) is 32.2 Å². The lowest BCUT2D eigenvalue weighted by Crippen LogP contribution is -2.17. The van der Waals surface area contributed by atoms with E-state index >= 15 is 0 Å². The molecule has 3 rings (SSSR count). The summed E-state index contributed by atoms with van der Waals surface area (Å²) < 4.78 is 79.5. The third-order valence-corrected chi connectivity index (χ3v) is 3.49. The van der Waals surface area contributed by atoms with Gasteiger partial charge in [0.25, 0.3) is 5.82 Å². The molecule has 0 aliphatic rings. The fourth-order valence-corrected chi connectivity index (χ4v) is 2.31. The molecule has 0 amide bonds. The minimum absolute atomic E-state index is 0.0748. The second kappa shape index (κ2) is 6.59. The first-order chi connectivity index (χ1) is 12.5. The average molecular weight is 391 g/mol. The summed E-state index contributed by atoms with van der Waals surface area (Å²) in [6.45, 7) is 1.67. The highest BCUT2D eigenvalue weighted by Gasteiger charge is 2.37. The van der Waals surface area contributed by atoms with Crippen LogP contribution in [0, 0.1) is 0 Å². The first-order valence-corrected chi connectivity index (χ1v) is 7.45. The number of benzene rings is 1. The molecule has 144 valence electrons. The van der Waals surface area contributed by atoms with Gasteiger partial charge in [0, 0.05) is 0 Å². The van der Waals surface area contributed by atoms with E-state index in [1.54, 1.807) is 6.92 Å². The van der Waals surface area contributed by atoms with Gasteiger partial charge in [-0.1, -0.05) is 12.1 Å². The van der Waals surface area contributed by atoms with E-state index < -0.39 is 24.4 Å². The van der Waals surface area contributed by atoms with Gasteiger partial charge in [-0.15, -0.1) is 28.5 Å². The van der Waals surface area contributed by atoms with Crippen LogP contribution in [0.1, 0.15) is 24.4 Å². The van der Waals surface area contributed by atoms with Crippen LogP contribution >= 0.6 is 0 Å². The zero-order valence-corrected chi connectivity index (χ0v) is 13.5. The fourth-order valence-electron chi connectivity index (χ4n) is 2.31. The quantitative estimate of drug-likeness (QED) is 0.675. The van der Waals surface area contributed by atoms with Gasteiger partial charge in [0.1, 0.15) is 11.6 Å². The lowest BCUT2D eigenvalue weighted by atomic mass is 10.1. The van der Waals surface area contributed by atoms with Gasteiger partial charge in [-0.2, -0.15) is 17.7 Å². The van der Waals surface area contributed by atoms with E-state index in [4.69, 9.17) is 0 Å². The zero-order chi connectivity index (χ0) is 19.8. The van der Waals surface area contributed by atoms with Gasteiger partial charge in [-0.05, 0) is 36.8 Å². The summed E-state index contributed by atoms with van der Waals surface area (Å²) in [6, 6.07) is 7.35. The summed E-state index contributed by atoms with van der Waals surface area (Å²) in [4.78, 5) is 0. The lowest BCUT2D eigenvalue weighted by Gasteiger charge is -2.16. The molecule has 0 unspecified atom stereocenters. The predicted octanol–water partition coefficient (Wildman–Crippen LogP) is 4.21. The second-order valence-electron chi connectivity index (χ2n) is 5.49. The molecule has 0 bridgehead atoms. The van der Waals surface area contributed by atoms with Crippen molar-refractivity contribution >= 4 is 11.5 Å². The highest BCUT2D eigenvalue weighted by Crippen LogP contribution is 2.28. The molecule has 0 radical (unpaired) electrons. The third-order valence-electron chi connectivity index (χ3n) is 3.49. The summed E-state index contributed by atoms with van der Waals surface area (Å²) in [5, 5.41) is 13.2. The SMILES string of the molecule is C[C@H](Nc1ccc2nnc(C(F)(F)F)n2n1)c1ccc(OC(F)(F)F)cc1. The summed E-state index contributed by atoms with van der Waals surface area (Å²) in [6.07, 6.45) is -9.51. The van der Waals surface area contributed by atoms with E-state index in [0.717, 1.165) is 12.1 Å².